The van der Waals surface area contributed by atoms with Crippen molar-refractivity contribution in [2.45, 2.75) is 31.2 Å². The minimum atomic E-state index is 0.230. The molecule has 108 valence electrons. The Morgan fingerprint density at radius 3 is 2.95 bits per heavy atom. The number of aromatic nitrogens is 2. The van der Waals surface area contributed by atoms with Crippen LogP contribution < -0.4 is 10.1 Å². The van der Waals surface area contributed by atoms with E-state index in [4.69, 9.17) is 4.74 Å². The predicted molar refractivity (Wildman–Crippen MR) is 84.6 cm³/mol. The van der Waals surface area contributed by atoms with Gasteiger partial charge in [0.25, 0.3) is 0 Å². The molecule has 1 unspecified atom stereocenters. The summed E-state index contributed by atoms with van der Waals surface area (Å²) in [6.45, 7) is 0.729. The molecule has 2 aliphatic rings. The fraction of sp³-hybridized carbons (Fsp3) is 0.375. The van der Waals surface area contributed by atoms with Gasteiger partial charge in [-0.25, -0.2) is 9.97 Å². The van der Waals surface area contributed by atoms with Crippen molar-refractivity contribution < 1.29 is 4.74 Å². The molecule has 1 saturated carbocycles. The highest BCUT2D eigenvalue weighted by atomic mass is 79.9. The van der Waals surface area contributed by atoms with Crippen LogP contribution in [-0.4, -0.2) is 16.6 Å². The highest BCUT2D eigenvalue weighted by molar-refractivity contribution is 9.10. The zero-order valence-electron chi connectivity index (χ0n) is 11.6. The van der Waals surface area contributed by atoms with Gasteiger partial charge in [-0.1, -0.05) is 15.9 Å². The lowest BCUT2D eigenvalue weighted by molar-refractivity contribution is 0.274. The molecule has 1 fully saturated rings. The molecule has 5 heteroatoms. The zero-order valence-corrected chi connectivity index (χ0v) is 13.1. The SMILES string of the molecule is Brc1ccc2c(c1)C(Nc1ccnc(C3CC3)n1)CCO2. The van der Waals surface area contributed by atoms with Crippen LogP contribution >= 0.6 is 15.9 Å². The van der Waals surface area contributed by atoms with Gasteiger partial charge in [0.1, 0.15) is 17.4 Å². The van der Waals surface area contributed by atoms with E-state index in [9.17, 15) is 0 Å². The number of anilines is 1. The Kier molecular flexibility index (Phi) is 3.30. The lowest BCUT2D eigenvalue weighted by atomic mass is 10.0. The summed E-state index contributed by atoms with van der Waals surface area (Å²) in [5.74, 6) is 3.41. The van der Waals surface area contributed by atoms with Crippen LogP contribution in [0.15, 0.2) is 34.9 Å². The summed E-state index contributed by atoms with van der Waals surface area (Å²) >= 11 is 3.53. The Morgan fingerprint density at radius 1 is 1.19 bits per heavy atom. The van der Waals surface area contributed by atoms with Crippen LogP contribution in [0.3, 0.4) is 0 Å². The highest BCUT2D eigenvalue weighted by Gasteiger charge is 2.27. The third kappa shape index (κ3) is 2.75. The van der Waals surface area contributed by atoms with E-state index in [0.717, 1.165) is 34.9 Å². The van der Waals surface area contributed by atoms with E-state index < -0.39 is 0 Å². The van der Waals surface area contributed by atoms with Crippen LogP contribution in [-0.2, 0) is 0 Å². The zero-order chi connectivity index (χ0) is 14.2. The molecule has 2 heterocycles. The van der Waals surface area contributed by atoms with E-state index in [0.29, 0.717) is 5.92 Å². The van der Waals surface area contributed by atoms with Crippen molar-refractivity contribution in [1.82, 2.24) is 9.97 Å². The second-order valence-corrected chi connectivity index (χ2v) is 6.51. The van der Waals surface area contributed by atoms with E-state index in [1.807, 2.05) is 24.4 Å². The van der Waals surface area contributed by atoms with Gasteiger partial charge in [0.15, 0.2) is 0 Å². The number of hydrogen-bond acceptors (Lipinski definition) is 4. The van der Waals surface area contributed by atoms with Crippen LogP contribution in [0.5, 0.6) is 5.75 Å². The molecule has 4 nitrogen and oxygen atoms in total. The number of nitrogens with one attached hydrogen (secondary N) is 1. The monoisotopic (exact) mass is 345 g/mol. The summed E-state index contributed by atoms with van der Waals surface area (Å²) in [4.78, 5) is 9.02. The van der Waals surface area contributed by atoms with Crippen molar-refractivity contribution in [2.24, 2.45) is 0 Å². The van der Waals surface area contributed by atoms with Gasteiger partial charge in [0.2, 0.25) is 0 Å². The number of benzene rings is 1. The molecule has 2 aromatic rings. The van der Waals surface area contributed by atoms with Crippen LogP contribution in [0.4, 0.5) is 5.82 Å². The molecule has 4 rings (SSSR count). The van der Waals surface area contributed by atoms with Crippen LogP contribution in [0.25, 0.3) is 0 Å². The van der Waals surface area contributed by atoms with Gasteiger partial charge in [-0.15, -0.1) is 0 Å². The Labute approximate surface area is 132 Å². The highest BCUT2D eigenvalue weighted by Crippen LogP contribution is 2.39. The smallest absolute Gasteiger partial charge is 0.133 e. The molecule has 1 atom stereocenters. The first-order valence-electron chi connectivity index (χ1n) is 7.31. The van der Waals surface area contributed by atoms with Gasteiger partial charge in [0.05, 0.1) is 12.6 Å². The molecule has 0 amide bonds. The molecular weight excluding hydrogens is 330 g/mol. The lowest BCUT2D eigenvalue weighted by Gasteiger charge is -2.27. The Hall–Kier alpha value is -1.62. The third-order valence-electron chi connectivity index (χ3n) is 3.95. The molecule has 1 aromatic carbocycles. The minimum Gasteiger partial charge on any atom is -0.493 e. The van der Waals surface area contributed by atoms with Crippen molar-refractivity contribution in [1.29, 1.82) is 0 Å². The van der Waals surface area contributed by atoms with E-state index in [1.165, 1.54) is 18.4 Å². The van der Waals surface area contributed by atoms with Gasteiger partial charge in [0, 0.05) is 28.6 Å². The van der Waals surface area contributed by atoms with Crippen molar-refractivity contribution in [3.8, 4) is 5.75 Å². The minimum absolute atomic E-state index is 0.230. The summed E-state index contributed by atoms with van der Waals surface area (Å²) < 4.78 is 6.79. The van der Waals surface area contributed by atoms with Crippen molar-refractivity contribution >= 4 is 21.7 Å². The van der Waals surface area contributed by atoms with Crippen LogP contribution in [0.1, 0.15) is 42.6 Å². The summed E-state index contributed by atoms with van der Waals surface area (Å²) in [5, 5.41) is 3.54. The Morgan fingerprint density at radius 2 is 2.10 bits per heavy atom. The maximum atomic E-state index is 5.72. The quantitative estimate of drug-likeness (QED) is 0.911. The first kappa shape index (κ1) is 13.1. The second kappa shape index (κ2) is 5.30. The second-order valence-electron chi connectivity index (χ2n) is 5.59. The van der Waals surface area contributed by atoms with Crippen molar-refractivity contribution in [2.75, 3.05) is 11.9 Å². The molecule has 0 radical (unpaired) electrons. The number of ether oxygens (including phenoxy) is 1. The topological polar surface area (TPSA) is 47.0 Å². The summed E-state index contributed by atoms with van der Waals surface area (Å²) in [5.41, 5.74) is 1.18. The van der Waals surface area contributed by atoms with E-state index in [-0.39, 0.29) is 6.04 Å². The first-order valence-corrected chi connectivity index (χ1v) is 8.10. The van der Waals surface area contributed by atoms with E-state index in [1.54, 1.807) is 0 Å². The molecule has 21 heavy (non-hydrogen) atoms. The molecule has 0 bridgehead atoms. The number of hydrogen-bond donors (Lipinski definition) is 1. The molecule has 0 saturated heterocycles. The van der Waals surface area contributed by atoms with Crippen molar-refractivity contribution in [3.63, 3.8) is 0 Å². The normalized spacial score (nSPS) is 20.5. The molecular formula is C16H16BrN3O. The molecule has 1 aliphatic carbocycles. The predicted octanol–water partition coefficient (Wildman–Crippen LogP) is 4.05. The number of fused-ring (bicyclic) bond motifs is 1. The Bertz CT molecular complexity index is 672. The van der Waals surface area contributed by atoms with Gasteiger partial charge < -0.3 is 10.1 Å². The molecule has 1 aromatic heterocycles. The fourth-order valence-corrected chi connectivity index (χ4v) is 3.06. The number of nitrogens with zero attached hydrogens (tertiary/aromatic N) is 2. The lowest BCUT2D eigenvalue weighted by Crippen LogP contribution is -2.21. The van der Waals surface area contributed by atoms with Crippen LogP contribution in [0.2, 0.25) is 0 Å². The first-order chi connectivity index (χ1) is 10.3. The van der Waals surface area contributed by atoms with E-state index >= 15 is 0 Å². The molecule has 1 N–H and O–H groups in total. The van der Waals surface area contributed by atoms with Crippen molar-refractivity contribution in [3.05, 3.63) is 46.3 Å². The average molecular weight is 346 g/mol. The van der Waals surface area contributed by atoms with Gasteiger partial charge in [-0.2, -0.15) is 0 Å². The van der Waals surface area contributed by atoms with Gasteiger partial charge >= 0.3 is 0 Å². The maximum absolute atomic E-state index is 5.72. The average Bonchev–Trinajstić information content (AvgIpc) is 3.33. The summed E-state index contributed by atoms with van der Waals surface area (Å²) in [7, 11) is 0. The van der Waals surface area contributed by atoms with Gasteiger partial charge in [-0.05, 0) is 37.1 Å². The fourth-order valence-electron chi connectivity index (χ4n) is 2.69. The number of rotatable bonds is 3. The molecule has 0 spiro atoms. The summed E-state index contributed by atoms with van der Waals surface area (Å²) in [6, 6.07) is 8.32. The molecule has 1 aliphatic heterocycles. The Balaban J connectivity index is 1.60. The van der Waals surface area contributed by atoms with E-state index in [2.05, 4.69) is 37.3 Å². The maximum Gasteiger partial charge on any atom is 0.133 e. The van der Waals surface area contributed by atoms with Crippen LogP contribution in [0, 0.1) is 0 Å². The number of halogens is 1. The van der Waals surface area contributed by atoms with Gasteiger partial charge in [-0.3, -0.25) is 0 Å². The largest absolute Gasteiger partial charge is 0.493 e. The summed E-state index contributed by atoms with van der Waals surface area (Å²) in [6.07, 6.45) is 5.23. The third-order valence-corrected chi connectivity index (χ3v) is 4.44. The standard InChI is InChI=1S/C16H16BrN3O/c17-11-3-4-14-12(9-11)13(6-8-21-14)19-15-5-7-18-16(20-15)10-1-2-10/h3-5,7,9-10,13H,1-2,6,8H2,(H,18,19,20).